The van der Waals surface area contributed by atoms with E-state index in [1.807, 2.05) is 36.1 Å². The van der Waals surface area contributed by atoms with E-state index in [0.29, 0.717) is 25.4 Å². The quantitative estimate of drug-likeness (QED) is 0.821. The van der Waals surface area contributed by atoms with E-state index in [1.54, 1.807) is 7.11 Å². The maximum atomic E-state index is 12.6. The number of nitrogens with zero attached hydrogens (tertiary/aromatic N) is 2. The van der Waals surface area contributed by atoms with Gasteiger partial charge in [-0.3, -0.25) is 4.79 Å². The predicted molar refractivity (Wildman–Crippen MR) is 100 cm³/mol. The molecule has 2 aromatic rings. The second-order valence-electron chi connectivity index (χ2n) is 7.45. The molecule has 3 heterocycles. The van der Waals surface area contributed by atoms with Crippen LogP contribution in [0.4, 0.5) is 0 Å². The van der Waals surface area contributed by atoms with Crippen molar-refractivity contribution in [1.29, 1.82) is 0 Å². The van der Waals surface area contributed by atoms with Crippen molar-refractivity contribution in [2.45, 2.75) is 51.2 Å². The van der Waals surface area contributed by atoms with Crippen molar-refractivity contribution >= 4 is 5.91 Å². The number of methoxy groups -OCH3 is 1. The molecule has 2 saturated heterocycles. The maximum Gasteiger partial charge on any atom is 0.226 e. The lowest BCUT2D eigenvalue weighted by Gasteiger charge is -2.26. The Kier molecular flexibility index (Phi) is 4.91. The van der Waals surface area contributed by atoms with Gasteiger partial charge in [0.15, 0.2) is 0 Å². The topological polar surface area (TPSA) is 64.8 Å². The van der Waals surface area contributed by atoms with E-state index in [2.05, 4.69) is 4.98 Å². The van der Waals surface area contributed by atoms with Crippen LogP contribution >= 0.6 is 0 Å². The Hall–Kier alpha value is -2.34. The Morgan fingerprint density at radius 2 is 2.19 bits per heavy atom. The van der Waals surface area contributed by atoms with Crippen LogP contribution in [0.3, 0.4) is 0 Å². The monoisotopic (exact) mass is 370 g/mol. The number of carbonyl (C=O) groups is 1. The molecule has 1 spiro atoms. The SMILES string of the molecule is COc1cccc(-c2nc(CN3CC[C@@]4(CCCO4)CCC3=O)c(C)o2)c1. The average molecular weight is 370 g/mol. The summed E-state index contributed by atoms with van der Waals surface area (Å²) in [7, 11) is 1.64. The molecule has 27 heavy (non-hydrogen) atoms. The van der Waals surface area contributed by atoms with Crippen LogP contribution in [0.2, 0.25) is 0 Å². The minimum absolute atomic E-state index is 0.0883. The predicted octanol–water partition coefficient (Wildman–Crippen LogP) is 3.72. The molecule has 0 N–H and O–H groups in total. The molecule has 0 radical (unpaired) electrons. The zero-order valence-corrected chi connectivity index (χ0v) is 16.0. The summed E-state index contributed by atoms with van der Waals surface area (Å²) >= 11 is 0. The zero-order valence-electron chi connectivity index (χ0n) is 16.0. The summed E-state index contributed by atoms with van der Waals surface area (Å²) in [5.41, 5.74) is 1.59. The van der Waals surface area contributed by atoms with Gasteiger partial charge in [0.2, 0.25) is 11.8 Å². The molecule has 1 aromatic heterocycles. The standard InChI is InChI=1S/C21H26N2O4/c1-15-18(22-20(27-15)16-5-3-6-17(13-16)25-2)14-23-11-10-21(8-4-12-26-21)9-7-19(23)24/h3,5-6,13H,4,7-12,14H2,1-2H3/t21-/m1/s1. The van der Waals surface area contributed by atoms with Gasteiger partial charge in [0.05, 0.1) is 19.3 Å². The van der Waals surface area contributed by atoms with Crippen LogP contribution in [0.25, 0.3) is 11.5 Å². The van der Waals surface area contributed by atoms with E-state index in [1.165, 1.54) is 0 Å². The number of carbonyl (C=O) groups excluding carboxylic acids is 1. The van der Waals surface area contributed by atoms with E-state index in [9.17, 15) is 4.79 Å². The van der Waals surface area contributed by atoms with Gasteiger partial charge in [0, 0.05) is 25.1 Å². The van der Waals surface area contributed by atoms with Gasteiger partial charge in [-0.25, -0.2) is 4.98 Å². The lowest BCUT2D eigenvalue weighted by Crippen LogP contribution is -2.32. The van der Waals surface area contributed by atoms with Crippen LogP contribution in [0.1, 0.15) is 43.6 Å². The Balaban J connectivity index is 1.50. The first-order chi connectivity index (χ1) is 13.1. The van der Waals surface area contributed by atoms with Crippen molar-refractivity contribution in [3.05, 3.63) is 35.7 Å². The molecule has 144 valence electrons. The molecular weight excluding hydrogens is 344 g/mol. The highest BCUT2D eigenvalue weighted by Crippen LogP contribution is 2.36. The number of oxazole rings is 1. The third kappa shape index (κ3) is 3.72. The van der Waals surface area contributed by atoms with Gasteiger partial charge < -0.3 is 18.8 Å². The number of hydrogen-bond donors (Lipinski definition) is 0. The molecule has 6 heteroatoms. The molecule has 0 unspecified atom stereocenters. The first-order valence-corrected chi connectivity index (χ1v) is 9.61. The smallest absolute Gasteiger partial charge is 0.226 e. The average Bonchev–Trinajstić information content (AvgIpc) is 3.26. The van der Waals surface area contributed by atoms with Crippen LogP contribution in [-0.4, -0.2) is 41.7 Å². The van der Waals surface area contributed by atoms with Crippen molar-refractivity contribution < 1.29 is 18.7 Å². The number of rotatable bonds is 4. The molecule has 2 aliphatic rings. The number of ether oxygens (including phenoxy) is 2. The van der Waals surface area contributed by atoms with Gasteiger partial charge in [0.1, 0.15) is 17.2 Å². The van der Waals surface area contributed by atoms with E-state index in [4.69, 9.17) is 13.9 Å². The van der Waals surface area contributed by atoms with Gasteiger partial charge in [-0.05, 0) is 50.8 Å². The van der Waals surface area contributed by atoms with Crippen molar-refractivity contribution in [2.75, 3.05) is 20.3 Å². The lowest BCUT2D eigenvalue weighted by molar-refractivity contribution is -0.131. The second kappa shape index (κ2) is 7.35. The fourth-order valence-corrected chi connectivity index (χ4v) is 4.03. The highest BCUT2D eigenvalue weighted by Gasteiger charge is 2.38. The molecule has 2 fully saturated rings. The van der Waals surface area contributed by atoms with Crippen molar-refractivity contribution in [2.24, 2.45) is 0 Å². The van der Waals surface area contributed by atoms with Crippen molar-refractivity contribution in [1.82, 2.24) is 9.88 Å². The lowest BCUT2D eigenvalue weighted by atomic mass is 9.92. The number of benzene rings is 1. The summed E-state index contributed by atoms with van der Waals surface area (Å²) in [5.74, 6) is 2.23. The molecule has 0 saturated carbocycles. The molecular formula is C21H26N2O4. The Bertz CT molecular complexity index is 823. The van der Waals surface area contributed by atoms with Crippen LogP contribution in [0, 0.1) is 6.92 Å². The largest absolute Gasteiger partial charge is 0.497 e. The second-order valence-corrected chi connectivity index (χ2v) is 7.45. The molecule has 1 aromatic carbocycles. The normalized spacial score (nSPS) is 23.0. The Morgan fingerprint density at radius 3 is 2.96 bits per heavy atom. The number of aromatic nitrogens is 1. The third-order valence-corrected chi connectivity index (χ3v) is 5.72. The van der Waals surface area contributed by atoms with Crippen molar-refractivity contribution in [3.8, 4) is 17.2 Å². The summed E-state index contributed by atoms with van der Waals surface area (Å²) in [5, 5.41) is 0. The van der Waals surface area contributed by atoms with E-state index in [-0.39, 0.29) is 11.5 Å². The first-order valence-electron chi connectivity index (χ1n) is 9.61. The minimum Gasteiger partial charge on any atom is -0.497 e. The van der Waals surface area contributed by atoms with Gasteiger partial charge in [0.25, 0.3) is 0 Å². The summed E-state index contributed by atoms with van der Waals surface area (Å²) in [6.07, 6.45) is 4.44. The molecule has 2 aliphatic heterocycles. The minimum atomic E-state index is -0.0883. The summed E-state index contributed by atoms with van der Waals surface area (Å²) in [4.78, 5) is 19.2. The van der Waals surface area contributed by atoms with Crippen LogP contribution in [0.15, 0.2) is 28.7 Å². The zero-order chi connectivity index (χ0) is 18.9. The van der Waals surface area contributed by atoms with E-state index >= 15 is 0 Å². The fraction of sp³-hybridized carbons (Fsp3) is 0.524. The maximum absolute atomic E-state index is 12.6. The fourth-order valence-electron chi connectivity index (χ4n) is 4.03. The summed E-state index contributed by atoms with van der Waals surface area (Å²) in [6, 6.07) is 7.63. The molecule has 1 amide bonds. The van der Waals surface area contributed by atoms with E-state index in [0.717, 1.165) is 55.1 Å². The van der Waals surface area contributed by atoms with Crippen molar-refractivity contribution in [3.63, 3.8) is 0 Å². The van der Waals surface area contributed by atoms with Crippen LogP contribution in [0.5, 0.6) is 5.75 Å². The van der Waals surface area contributed by atoms with Gasteiger partial charge in [-0.2, -0.15) is 0 Å². The highest BCUT2D eigenvalue weighted by atomic mass is 16.5. The van der Waals surface area contributed by atoms with Crippen LogP contribution < -0.4 is 4.74 Å². The van der Waals surface area contributed by atoms with Crippen LogP contribution in [-0.2, 0) is 16.1 Å². The number of likely N-dealkylation sites (tertiary alicyclic amines) is 1. The number of aryl methyl sites for hydroxylation is 1. The molecule has 1 atom stereocenters. The summed E-state index contributed by atoms with van der Waals surface area (Å²) in [6.45, 7) is 3.91. The Labute approximate surface area is 159 Å². The highest BCUT2D eigenvalue weighted by molar-refractivity contribution is 5.76. The summed E-state index contributed by atoms with van der Waals surface area (Å²) < 4.78 is 17.1. The van der Waals surface area contributed by atoms with Gasteiger partial charge in [-0.15, -0.1) is 0 Å². The number of hydrogen-bond acceptors (Lipinski definition) is 5. The Morgan fingerprint density at radius 1 is 1.30 bits per heavy atom. The van der Waals surface area contributed by atoms with Gasteiger partial charge >= 0.3 is 0 Å². The molecule has 4 rings (SSSR count). The first kappa shape index (κ1) is 18.0. The molecule has 6 nitrogen and oxygen atoms in total. The van der Waals surface area contributed by atoms with E-state index < -0.39 is 0 Å². The van der Waals surface area contributed by atoms with Gasteiger partial charge in [-0.1, -0.05) is 6.07 Å². The number of amides is 1. The molecule has 0 bridgehead atoms. The molecule has 0 aliphatic carbocycles. The third-order valence-electron chi connectivity index (χ3n) is 5.72.